The van der Waals surface area contributed by atoms with Crippen LogP contribution in [0.4, 0.5) is 5.69 Å². The molecule has 0 aromatic heterocycles. The molecule has 1 rings (SSSR count). The summed E-state index contributed by atoms with van der Waals surface area (Å²) in [5.74, 6) is 0. The van der Waals surface area contributed by atoms with E-state index in [4.69, 9.17) is 11.6 Å². The molecule has 58 valence electrons. The van der Waals surface area contributed by atoms with Gasteiger partial charge in [-0.15, -0.1) is 0 Å². The smallest absolute Gasteiger partial charge is 0.258 e. The zero-order valence-corrected chi connectivity index (χ0v) is 7.83. The van der Waals surface area contributed by atoms with Crippen LogP contribution in [0.25, 0.3) is 0 Å². The maximum absolute atomic E-state index is 10.1. The van der Waals surface area contributed by atoms with Gasteiger partial charge in [-0.1, -0.05) is 23.7 Å². The van der Waals surface area contributed by atoms with E-state index >= 15 is 0 Å². The van der Waals surface area contributed by atoms with Crippen molar-refractivity contribution < 1.29 is 4.92 Å². The zero-order chi connectivity index (χ0) is 7.56. The molecule has 5 heteroatoms. The molecule has 0 bridgehead atoms. The summed E-state index contributed by atoms with van der Waals surface area (Å²) in [4.78, 5) is 9.63. The van der Waals surface area contributed by atoms with Gasteiger partial charge in [-0.2, -0.15) is 0 Å². The summed E-state index contributed by atoms with van der Waals surface area (Å²) in [5.41, 5.74) is -0.0517. The maximum Gasteiger partial charge on any atom is 0.287 e. The number of nitro groups is 1. The van der Waals surface area contributed by atoms with Crippen molar-refractivity contribution in [1.82, 2.24) is 0 Å². The number of hydrogen-bond acceptors (Lipinski definition) is 2. The Morgan fingerprint density at radius 1 is 1.36 bits per heavy atom. The maximum atomic E-state index is 10.1. The van der Waals surface area contributed by atoms with E-state index in [0.29, 0.717) is 0 Å². The number of nitro benzene ring substituents is 1. The van der Waals surface area contributed by atoms with E-state index in [1.54, 1.807) is 12.1 Å². The first-order valence-electron chi connectivity index (χ1n) is 2.61. The van der Waals surface area contributed by atoms with E-state index in [1.807, 2.05) is 0 Å². The minimum atomic E-state index is -0.512. The van der Waals surface area contributed by atoms with Crippen molar-refractivity contribution in [3.63, 3.8) is 0 Å². The molecule has 0 atom stereocenters. The summed E-state index contributed by atoms with van der Waals surface area (Å²) in [7, 11) is 0. The van der Waals surface area contributed by atoms with E-state index < -0.39 is 4.92 Å². The van der Waals surface area contributed by atoms with Gasteiger partial charge in [-0.05, 0) is 6.07 Å². The molecule has 2 radical (unpaired) electrons. The van der Waals surface area contributed by atoms with E-state index in [9.17, 15) is 10.1 Å². The van der Waals surface area contributed by atoms with Gasteiger partial charge < -0.3 is 0 Å². The fourth-order valence-corrected chi connectivity index (χ4v) is 0.805. The molecule has 0 saturated heterocycles. The Balaban J connectivity index is 0.000001000. The minimum Gasteiger partial charge on any atom is -0.258 e. The van der Waals surface area contributed by atoms with Gasteiger partial charge in [-0.3, -0.25) is 10.1 Å². The third kappa shape index (κ3) is 2.50. The van der Waals surface area contributed by atoms with Crippen molar-refractivity contribution in [2.45, 2.75) is 0 Å². The Morgan fingerprint density at radius 3 is 2.27 bits per heavy atom. The van der Waals surface area contributed by atoms with Gasteiger partial charge in [0.1, 0.15) is 5.02 Å². The summed E-state index contributed by atoms with van der Waals surface area (Å²) < 4.78 is 0. The molecule has 0 heterocycles. The predicted molar refractivity (Wildman–Crippen MR) is 43.9 cm³/mol. The second-order valence-electron chi connectivity index (χ2n) is 1.71. The van der Waals surface area contributed by atoms with E-state index in [1.165, 1.54) is 12.1 Å². The summed E-state index contributed by atoms with van der Waals surface area (Å²) in [5, 5.41) is 10.3. The van der Waals surface area contributed by atoms with Crippen molar-refractivity contribution >= 4 is 34.4 Å². The van der Waals surface area contributed by atoms with Crippen molar-refractivity contribution in [1.29, 1.82) is 0 Å². The van der Waals surface area contributed by atoms with Gasteiger partial charge in [0.25, 0.3) is 5.69 Å². The van der Waals surface area contributed by atoms with Gasteiger partial charge in [0.15, 0.2) is 0 Å². The number of halogens is 1. The standard InChI is InChI=1S/C6H4ClNO2.Se/c7-5-3-1-2-4-6(5)8(9)10;/h1-4H;. The molecule has 0 fully saturated rings. The predicted octanol–water partition coefficient (Wildman–Crippen LogP) is 1.87. The van der Waals surface area contributed by atoms with Crippen LogP contribution in [0.15, 0.2) is 24.3 Å². The van der Waals surface area contributed by atoms with Crippen LogP contribution in [-0.2, 0) is 0 Å². The Morgan fingerprint density at radius 2 is 1.91 bits per heavy atom. The van der Waals surface area contributed by atoms with Crippen LogP contribution in [0.3, 0.4) is 0 Å². The van der Waals surface area contributed by atoms with E-state index in [2.05, 4.69) is 0 Å². The number of rotatable bonds is 1. The monoisotopic (exact) mass is 237 g/mol. The van der Waals surface area contributed by atoms with E-state index in [0.717, 1.165) is 0 Å². The first-order valence-corrected chi connectivity index (χ1v) is 2.98. The molecule has 0 aliphatic carbocycles. The summed E-state index contributed by atoms with van der Waals surface area (Å²) >= 11 is 5.48. The normalized spacial score (nSPS) is 8.45. The van der Waals surface area contributed by atoms with E-state index in [-0.39, 0.29) is 27.8 Å². The van der Waals surface area contributed by atoms with Crippen LogP contribution >= 0.6 is 11.6 Å². The molecule has 0 N–H and O–H groups in total. The van der Waals surface area contributed by atoms with Gasteiger partial charge in [0.05, 0.1) is 4.92 Å². The molecule has 3 nitrogen and oxygen atoms in total. The summed E-state index contributed by atoms with van der Waals surface area (Å²) in [6, 6.07) is 6.07. The van der Waals surface area contributed by atoms with Crippen LogP contribution in [0.5, 0.6) is 0 Å². The van der Waals surface area contributed by atoms with Crippen LogP contribution < -0.4 is 0 Å². The van der Waals surface area contributed by atoms with Crippen LogP contribution in [0.1, 0.15) is 0 Å². The SMILES string of the molecule is O=[N+]([O-])c1ccccc1Cl.[Se]. The topological polar surface area (TPSA) is 43.1 Å². The average Bonchev–Trinajstić information content (AvgIpc) is 1.88. The number of benzene rings is 1. The second kappa shape index (κ2) is 4.34. The Kier molecular flexibility index (Phi) is 4.11. The number of para-hydroxylation sites is 1. The van der Waals surface area contributed by atoms with Crippen LogP contribution in [-0.4, -0.2) is 22.0 Å². The molecule has 0 saturated carbocycles. The van der Waals surface area contributed by atoms with Crippen molar-refractivity contribution in [3.8, 4) is 0 Å². The quantitative estimate of drug-likeness (QED) is 0.424. The van der Waals surface area contributed by atoms with Gasteiger partial charge in [0, 0.05) is 23.1 Å². The van der Waals surface area contributed by atoms with Crippen LogP contribution in [0, 0.1) is 10.1 Å². The Bertz CT molecular complexity index is 267. The fraction of sp³-hybridized carbons (Fsp3) is 0. The molecule has 0 aliphatic heterocycles. The largest absolute Gasteiger partial charge is 0.287 e. The van der Waals surface area contributed by atoms with Crippen molar-refractivity contribution in [2.75, 3.05) is 0 Å². The molecule has 1 aromatic carbocycles. The molecular formula is C6H4ClNO2Se. The fourth-order valence-electron chi connectivity index (χ4n) is 0.600. The number of hydrogen-bond donors (Lipinski definition) is 0. The zero-order valence-electron chi connectivity index (χ0n) is 5.36. The van der Waals surface area contributed by atoms with Crippen molar-refractivity contribution in [3.05, 3.63) is 39.4 Å². The molecule has 1 aromatic rings. The average molecular weight is 237 g/mol. The third-order valence-corrected chi connectivity index (χ3v) is 1.37. The Labute approximate surface area is 79.0 Å². The first kappa shape index (κ1) is 10.4. The van der Waals surface area contributed by atoms with Gasteiger partial charge in [0.2, 0.25) is 0 Å². The summed E-state index contributed by atoms with van der Waals surface area (Å²) in [6.45, 7) is 0. The Hall–Kier alpha value is -0.571. The molecule has 0 aliphatic rings. The van der Waals surface area contributed by atoms with Gasteiger partial charge in [-0.25, -0.2) is 0 Å². The molecule has 0 amide bonds. The number of nitrogens with zero attached hydrogens (tertiary/aromatic N) is 1. The molecular weight excluding hydrogens is 232 g/mol. The van der Waals surface area contributed by atoms with Crippen LogP contribution in [0.2, 0.25) is 5.02 Å². The minimum absolute atomic E-state index is 0. The first-order chi connectivity index (χ1) is 4.72. The van der Waals surface area contributed by atoms with Gasteiger partial charge >= 0.3 is 0 Å². The molecule has 0 spiro atoms. The third-order valence-electron chi connectivity index (χ3n) is 1.05. The summed E-state index contributed by atoms with van der Waals surface area (Å²) in [6.07, 6.45) is 0. The molecule has 0 unspecified atom stereocenters. The second-order valence-corrected chi connectivity index (χ2v) is 2.12. The van der Waals surface area contributed by atoms with Crippen molar-refractivity contribution in [2.24, 2.45) is 0 Å². The molecule has 11 heavy (non-hydrogen) atoms.